The Morgan fingerprint density at radius 1 is 1.33 bits per heavy atom. The minimum absolute atomic E-state index is 0.344. The van der Waals surface area contributed by atoms with Crippen LogP contribution in [0.5, 0.6) is 0 Å². The highest BCUT2D eigenvalue weighted by molar-refractivity contribution is 7.12. The molecule has 1 aromatic heterocycles. The normalized spacial score (nSPS) is 19.6. The molecule has 0 spiro atoms. The highest BCUT2D eigenvalue weighted by Crippen LogP contribution is 2.43. The third-order valence-electron chi connectivity index (χ3n) is 3.63. The SMILES string of the molecule is CCCc1ccc(C2(CN)CCCC2)s1. The number of rotatable bonds is 4. The maximum absolute atomic E-state index is 5.99. The van der Waals surface area contributed by atoms with Crippen LogP contribution in [0.15, 0.2) is 12.1 Å². The summed E-state index contributed by atoms with van der Waals surface area (Å²) in [5.41, 5.74) is 6.33. The van der Waals surface area contributed by atoms with Crippen molar-refractivity contribution in [1.29, 1.82) is 0 Å². The molecule has 84 valence electrons. The molecule has 0 aromatic carbocycles. The van der Waals surface area contributed by atoms with Crippen molar-refractivity contribution < 1.29 is 0 Å². The Kier molecular flexibility index (Phi) is 3.47. The smallest absolute Gasteiger partial charge is 0.0169 e. The van der Waals surface area contributed by atoms with E-state index in [4.69, 9.17) is 5.73 Å². The monoisotopic (exact) mass is 223 g/mol. The Balaban J connectivity index is 2.19. The van der Waals surface area contributed by atoms with Gasteiger partial charge in [-0.25, -0.2) is 0 Å². The van der Waals surface area contributed by atoms with E-state index in [0.717, 1.165) is 6.54 Å². The van der Waals surface area contributed by atoms with Gasteiger partial charge in [0.15, 0.2) is 0 Å². The standard InChI is InChI=1S/C13H21NS/c1-2-5-11-6-7-12(15-11)13(10-14)8-3-4-9-13/h6-7H,2-5,8-10,14H2,1H3. The first-order valence-corrected chi connectivity index (χ1v) is 6.91. The van der Waals surface area contributed by atoms with Crippen LogP contribution in [0.2, 0.25) is 0 Å². The average molecular weight is 223 g/mol. The molecule has 1 heterocycles. The molecule has 0 atom stereocenters. The van der Waals surface area contributed by atoms with Crippen molar-refractivity contribution >= 4 is 11.3 Å². The molecule has 0 amide bonds. The molecule has 1 saturated carbocycles. The van der Waals surface area contributed by atoms with Crippen LogP contribution < -0.4 is 5.73 Å². The zero-order valence-electron chi connectivity index (χ0n) is 9.59. The van der Waals surface area contributed by atoms with E-state index in [1.807, 2.05) is 11.3 Å². The van der Waals surface area contributed by atoms with Crippen LogP contribution in [0, 0.1) is 0 Å². The van der Waals surface area contributed by atoms with Gasteiger partial charge in [0.1, 0.15) is 0 Å². The predicted molar refractivity (Wildman–Crippen MR) is 67.5 cm³/mol. The van der Waals surface area contributed by atoms with Crippen molar-refractivity contribution in [2.24, 2.45) is 5.73 Å². The fourth-order valence-electron chi connectivity index (χ4n) is 2.65. The maximum Gasteiger partial charge on any atom is 0.0169 e. The van der Waals surface area contributed by atoms with Crippen LogP contribution >= 0.6 is 11.3 Å². The molecule has 0 aliphatic heterocycles. The van der Waals surface area contributed by atoms with Gasteiger partial charge in [-0.2, -0.15) is 0 Å². The molecule has 1 aliphatic carbocycles. The van der Waals surface area contributed by atoms with Crippen LogP contribution in [-0.2, 0) is 11.8 Å². The lowest BCUT2D eigenvalue weighted by atomic mass is 9.85. The molecule has 2 N–H and O–H groups in total. The lowest BCUT2D eigenvalue weighted by Crippen LogP contribution is -2.30. The molecule has 0 bridgehead atoms. The first kappa shape index (κ1) is 11.2. The highest BCUT2D eigenvalue weighted by Gasteiger charge is 2.35. The van der Waals surface area contributed by atoms with Crippen molar-refractivity contribution in [3.8, 4) is 0 Å². The van der Waals surface area contributed by atoms with Crippen molar-refractivity contribution in [2.45, 2.75) is 50.9 Å². The summed E-state index contributed by atoms with van der Waals surface area (Å²) >= 11 is 2.00. The zero-order chi connectivity index (χ0) is 10.7. The molecule has 15 heavy (non-hydrogen) atoms. The van der Waals surface area contributed by atoms with Crippen molar-refractivity contribution in [1.82, 2.24) is 0 Å². The summed E-state index contributed by atoms with van der Waals surface area (Å²) in [4.78, 5) is 3.08. The first-order chi connectivity index (χ1) is 7.30. The van der Waals surface area contributed by atoms with Gasteiger partial charge in [-0.3, -0.25) is 0 Å². The Morgan fingerprint density at radius 2 is 2.07 bits per heavy atom. The van der Waals surface area contributed by atoms with Crippen LogP contribution in [0.3, 0.4) is 0 Å². The summed E-state index contributed by atoms with van der Waals surface area (Å²) in [6.07, 6.45) is 7.79. The second-order valence-electron chi connectivity index (χ2n) is 4.71. The molecular formula is C13H21NS. The Labute approximate surface area is 96.7 Å². The van der Waals surface area contributed by atoms with E-state index >= 15 is 0 Å². The number of nitrogens with two attached hydrogens (primary N) is 1. The molecule has 0 saturated heterocycles. The predicted octanol–water partition coefficient (Wildman–Crippen LogP) is 3.47. The van der Waals surface area contributed by atoms with Gasteiger partial charge < -0.3 is 5.73 Å². The van der Waals surface area contributed by atoms with Gasteiger partial charge in [0.25, 0.3) is 0 Å². The zero-order valence-corrected chi connectivity index (χ0v) is 10.4. The van der Waals surface area contributed by atoms with Crippen LogP contribution in [0.1, 0.15) is 48.8 Å². The molecule has 1 aromatic rings. The Hall–Kier alpha value is -0.340. The van der Waals surface area contributed by atoms with Gasteiger partial charge in [-0.15, -0.1) is 11.3 Å². The summed E-state index contributed by atoms with van der Waals surface area (Å²) in [7, 11) is 0. The molecule has 2 heteroatoms. The molecule has 2 rings (SSSR count). The van der Waals surface area contributed by atoms with Gasteiger partial charge in [-0.1, -0.05) is 26.2 Å². The third-order valence-corrected chi connectivity index (χ3v) is 5.02. The highest BCUT2D eigenvalue weighted by atomic mass is 32.1. The summed E-state index contributed by atoms with van der Waals surface area (Å²) in [5, 5.41) is 0. The molecule has 1 aliphatic rings. The van der Waals surface area contributed by atoms with E-state index in [1.54, 1.807) is 4.88 Å². The Bertz CT molecular complexity index is 310. The maximum atomic E-state index is 5.99. The van der Waals surface area contributed by atoms with E-state index in [2.05, 4.69) is 19.1 Å². The second kappa shape index (κ2) is 4.67. The summed E-state index contributed by atoms with van der Waals surface area (Å²) in [6, 6.07) is 4.63. The first-order valence-electron chi connectivity index (χ1n) is 6.10. The minimum Gasteiger partial charge on any atom is -0.330 e. The Morgan fingerprint density at radius 3 is 2.67 bits per heavy atom. The molecule has 0 unspecified atom stereocenters. The van der Waals surface area contributed by atoms with Gasteiger partial charge in [0, 0.05) is 21.7 Å². The third kappa shape index (κ3) is 2.11. The largest absolute Gasteiger partial charge is 0.330 e. The van der Waals surface area contributed by atoms with Gasteiger partial charge in [0.05, 0.1) is 0 Å². The molecule has 0 radical (unpaired) electrons. The number of hydrogen-bond donors (Lipinski definition) is 1. The van der Waals surface area contributed by atoms with E-state index < -0.39 is 0 Å². The fraction of sp³-hybridized carbons (Fsp3) is 0.692. The van der Waals surface area contributed by atoms with Crippen molar-refractivity contribution in [3.05, 3.63) is 21.9 Å². The summed E-state index contributed by atoms with van der Waals surface area (Å²) in [5.74, 6) is 0. The quantitative estimate of drug-likeness (QED) is 0.831. The number of aryl methyl sites for hydroxylation is 1. The summed E-state index contributed by atoms with van der Waals surface area (Å²) < 4.78 is 0. The van der Waals surface area contributed by atoms with Gasteiger partial charge in [0.2, 0.25) is 0 Å². The van der Waals surface area contributed by atoms with Crippen molar-refractivity contribution in [3.63, 3.8) is 0 Å². The van der Waals surface area contributed by atoms with Crippen LogP contribution in [-0.4, -0.2) is 6.54 Å². The fourth-order valence-corrected chi connectivity index (χ4v) is 4.01. The number of thiophene rings is 1. The second-order valence-corrected chi connectivity index (χ2v) is 5.88. The van der Waals surface area contributed by atoms with Crippen molar-refractivity contribution in [2.75, 3.05) is 6.54 Å². The van der Waals surface area contributed by atoms with E-state index in [9.17, 15) is 0 Å². The summed E-state index contributed by atoms with van der Waals surface area (Å²) in [6.45, 7) is 3.08. The molecule has 1 fully saturated rings. The van der Waals surface area contributed by atoms with Gasteiger partial charge >= 0.3 is 0 Å². The van der Waals surface area contributed by atoms with E-state index in [-0.39, 0.29) is 0 Å². The minimum atomic E-state index is 0.344. The van der Waals surface area contributed by atoms with Gasteiger partial charge in [-0.05, 0) is 31.4 Å². The van der Waals surface area contributed by atoms with E-state index in [1.165, 1.54) is 43.4 Å². The molecule has 1 nitrogen and oxygen atoms in total. The molecular weight excluding hydrogens is 202 g/mol. The van der Waals surface area contributed by atoms with E-state index in [0.29, 0.717) is 5.41 Å². The lowest BCUT2D eigenvalue weighted by molar-refractivity contribution is 0.462. The van der Waals surface area contributed by atoms with Crippen LogP contribution in [0.4, 0.5) is 0 Å². The number of hydrogen-bond acceptors (Lipinski definition) is 2. The van der Waals surface area contributed by atoms with Crippen LogP contribution in [0.25, 0.3) is 0 Å². The topological polar surface area (TPSA) is 26.0 Å². The lowest BCUT2D eigenvalue weighted by Gasteiger charge is -2.25. The average Bonchev–Trinajstić information content (AvgIpc) is 2.86.